The fourth-order valence-electron chi connectivity index (χ4n) is 3.00. The van der Waals surface area contributed by atoms with Gasteiger partial charge in [-0.2, -0.15) is 0 Å². The summed E-state index contributed by atoms with van der Waals surface area (Å²) in [5, 5.41) is 0. The van der Waals surface area contributed by atoms with E-state index in [1.54, 1.807) is 11.1 Å². The van der Waals surface area contributed by atoms with Gasteiger partial charge in [0, 0.05) is 12.7 Å². The number of hydrogen-bond donors (Lipinski definition) is 0. The highest BCUT2D eigenvalue weighted by Crippen LogP contribution is 2.37. The molecule has 0 aliphatic carbocycles. The Bertz CT molecular complexity index is 681. The van der Waals surface area contributed by atoms with Gasteiger partial charge in [0.1, 0.15) is 11.4 Å². The molecule has 0 spiro atoms. The molecule has 1 saturated heterocycles. The van der Waals surface area contributed by atoms with Crippen LogP contribution in [0, 0.1) is 0 Å². The molecule has 2 aliphatic heterocycles. The van der Waals surface area contributed by atoms with E-state index in [0.717, 1.165) is 11.0 Å². The molecule has 0 atom stereocenters. The predicted octanol–water partition coefficient (Wildman–Crippen LogP) is 2.68. The first-order valence-electron chi connectivity index (χ1n) is 8.75. The summed E-state index contributed by atoms with van der Waals surface area (Å²) >= 11 is 0. The van der Waals surface area contributed by atoms with Crippen LogP contribution >= 0.6 is 0 Å². The van der Waals surface area contributed by atoms with Crippen molar-refractivity contribution in [3.05, 3.63) is 17.8 Å². The molecule has 3 rings (SSSR count). The van der Waals surface area contributed by atoms with Gasteiger partial charge in [0.2, 0.25) is 0 Å². The molecule has 0 unspecified atom stereocenters. The summed E-state index contributed by atoms with van der Waals surface area (Å²) in [4.78, 5) is 18.5. The molecule has 0 saturated carbocycles. The quantitative estimate of drug-likeness (QED) is 0.732. The Labute approximate surface area is 150 Å². The number of hydrogen-bond acceptors (Lipinski definition) is 5. The minimum absolute atomic E-state index is 0.371. The van der Waals surface area contributed by atoms with Gasteiger partial charge >= 0.3 is 13.2 Å². The van der Waals surface area contributed by atoms with Crippen molar-refractivity contribution in [2.45, 2.75) is 71.7 Å². The van der Waals surface area contributed by atoms with Crippen LogP contribution in [0.4, 0.5) is 10.6 Å². The van der Waals surface area contributed by atoms with Crippen molar-refractivity contribution in [3.63, 3.8) is 0 Å². The van der Waals surface area contributed by atoms with E-state index >= 15 is 0 Å². The maximum absolute atomic E-state index is 12.5. The zero-order valence-electron chi connectivity index (χ0n) is 16.2. The standard InChI is InChI=1S/C18H27BN2O4/c1-16(2,3)23-15(22)21-11-9-12-13(8-10-20-14(12)21)19-24-17(4,5)18(6,7)25-19/h8,10H,9,11H2,1-7H3. The molecule has 0 radical (unpaired) electrons. The maximum atomic E-state index is 12.5. The lowest BCUT2D eigenvalue weighted by molar-refractivity contribution is 0.00578. The first-order valence-corrected chi connectivity index (χ1v) is 8.75. The summed E-state index contributed by atoms with van der Waals surface area (Å²) in [6, 6.07) is 1.92. The molecular formula is C18H27BN2O4. The van der Waals surface area contributed by atoms with E-state index in [-0.39, 0.29) is 6.09 Å². The molecule has 0 bridgehead atoms. The summed E-state index contributed by atoms with van der Waals surface area (Å²) in [5.74, 6) is 0.640. The van der Waals surface area contributed by atoms with Crippen LogP contribution < -0.4 is 10.4 Å². The van der Waals surface area contributed by atoms with Crippen molar-refractivity contribution >= 4 is 24.5 Å². The number of fused-ring (bicyclic) bond motifs is 1. The Balaban J connectivity index is 1.89. The highest BCUT2D eigenvalue weighted by molar-refractivity contribution is 6.62. The highest BCUT2D eigenvalue weighted by Gasteiger charge is 2.52. The largest absolute Gasteiger partial charge is 0.495 e. The lowest BCUT2D eigenvalue weighted by Gasteiger charge is -2.32. The second kappa shape index (κ2) is 5.71. The number of ether oxygens (including phenoxy) is 1. The summed E-state index contributed by atoms with van der Waals surface area (Å²) in [7, 11) is -0.458. The molecule has 7 heteroatoms. The molecule has 25 heavy (non-hydrogen) atoms. The maximum Gasteiger partial charge on any atom is 0.495 e. The molecule has 136 valence electrons. The minimum atomic E-state index is -0.539. The van der Waals surface area contributed by atoms with Crippen molar-refractivity contribution < 1.29 is 18.8 Å². The Morgan fingerprint density at radius 2 is 1.84 bits per heavy atom. The third kappa shape index (κ3) is 3.27. The molecule has 3 heterocycles. The first-order chi connectivity index (χ1) is 11.4. The monoisotopic (exact) mass is 346 g/mol. The lowest BCUT2D eigenvalue weighted by Crippen LogP contribution is -2.41. The summed E-state index contributed by atoms with van der Waals surface area (Å²) in [6.45, 7) is 14.2. The van der Waals surface area contributed by atoms with Gasteiger partial charge in [-0.05, 0) is 72.0 Å². The average molecular weight is 346 g/mol. The molecule has 6 nitrogen and oxygen atoms in total. The fraction of sp³-hybridized carbons (Fsp3) is 0.667. The third-order valence-electron chi connectivity index (χ3n) is 5.03. The molecule has 2 aliphatic rings. The van der Waals surface area contributed by atoms with Crippen LogP contribution in [0.25, 0.3) is 0 Å². The normalized spacial score (nSPS) is 21.4. The number of nitrogens with zero attached hydrogens (tertiary/aromatic N) is 2. The number of pyridine rings is 1. The van der Waals surface area contributed by atoms with Crippen LogP contribution in [-0.2, 0) is 20.5 Å². The molecule has 0 aromatic carbocycles. The zero-order valence-corrected chi connectivity index (χ0v) is 16.2. The molecule has 1 aromatic heterocycles. The third-order valence-corrected chi connectivity index (χ3v) is 5.03. The number of carbonyl (C=O) groups is 1. The number of anilines is 1. The van der Waals surface area contributed by atoms with Crippen molar-refractivity contribution in [2.75, 3.05) is 11.4 Å². The second-order valence-electron chi connectivity index (χ2n) is 8.67. The van der Waals surface area contributed by atoms with Gasteiger partial charge in [0.15, 0.2) is 0 Å². The van der Waals surface area contributed by atoms with E-state index < -0.39 is 23.9 Å². The second-order valence-corrected chi connectivity index (χ2v) is 8.67. The van der Waals surface area contributed by atoms with Gasteiger partial charge in [0.25, 0.3) is 0 Å². The van der Waals surface area contributed by atoms with Crippen LogP contribution in [0.1, 0.15) is 54.0 Å². The minimum Gasteiger partial charge on any atom is -0.443 e. The van der Waals surface area contributed by atoms with Gasteiger partial charge in [0.05, 0.1) is 11.2 Å². The van der Waals surface area contributed by atoms with Crippen LogP contribution in [0.3, 0.4) is 0 Å². The molecule has 1 fully saturated rings. The van der Waals surface area contributed by atoms with Gasteiger partial charge in [-0.15, -0.1) is 0 Å². The van der Waals surface area contributed by atoms with Crippen LogP contribution in [0.15, 0.2) is 12.3 Å². The summed E-state index contributed by atoms with van der Waals surface area (Å²) in [5.41, 5.74) is 0.583. The molecule has 0 N–H and O–H groups in total. The first kappa shape index (κ1) is 18.2. The van der Waals surface area contributed by atoms with Crippen molar-refractivity contribution in [1.82, 2.24) is 4.98 Å². The van der Waals surface area contributed by atoms with E-state index in [9.17, 15) is 4.79 Å². The summed E-state index contributed by atoms with van der Waals surface area (Å²) < 4.78 is 17.8. The molecule has 1 aromatic rings. The van der Waals surface area contributed by atoms with Crippen LogP contribution in [0.2, 0.25) is 0 Å². The topological polar surface area (TPSA) is 60.9 Å². The van der Waals surface area contributed by atoms with Crippen molar-refractivity contribution in [3.8, 4) is 0 Å². The number of carbonyl (C=O) groups excluding carboxylic acids is 1. The van der Waals surface area contributed by atoms with Crippen LogP contribution in [0.5, 0.6) is 0 Å². The van der Waals surface area contributed by atoms with Crippen molar-refractivity contribution in [2.24, 2.45) is 0 Å². The van der Waals surface area contributed by atoms with Crippen molar-refractivity contribution in [1.29, 1.82) is 0 Å². The Morgan fingerprint density at radius 3 is 2.40 bits per heavy atom. The summed E-state index contributed by atoms with van der Waals surface area (Å²) in [6.07, 6.45) is 2.04. The van der Waals surface area contributed by atoms with Gasteiger partial charge < -0.3 is 14.0 Å². The van der Waals surface area contributed by atoms with E-state index in [4.69, 9.17) is 14.0 Å². The van der Waals surface area contributed by atoms with Gasteiger partial charge in [-0.25, -0.2) is 9.78 Å². The Kier molecular flexibility index (Phi) is 4.16. The molecular weight excluding hydrogens is 319 g/mol. The van der Waals surface area contributed by atoms with Gasteiger partial charge in [-0.1, -0.05) is 0 Å². The Hall–Kier alpha value is -1.60. The average Bonchev–Trinajstić information content (AvgIpc) is 2.95. The fourth-order valence-corrected chi connectivity index (χ4v) is 3.00. The number of amides is 1. The molecule has 1 amide bonds. The SMILES string of the molecule is CC(C)(C)OC(=O)N1CCc2c(B3OC(C)(C)C(C)(C)O3)ccnc21. The number of rotatable bonds is 1. The smallest absolute Gasteiger partial charge is 0.443 e. The van der Waals surface area contributed by atoms with E-state index in [2.05, 4.69) is 4.98 Å². The lowest BCUT2D eigenvalue weighted by atomic mass is 9.76. The predicted molar refractivity (Wildman–Crippen MR) is 97.2 cm³/mol. The highest BCUT2D eigenvalue weighted by atomic mass is 16.7. The zero-order chi connectivity index (χ0) is 18.6. The Morgan fingerprint density at radius 1 is 1.24 bits per heavy atom. The number of aromatic nitrogens is 1. The van der Waals surface area contributed by atoms with E-state index in [0.29, 0.717) is 18.8 Å². The van der Waals surface area contributed by atoms with E-state index in [1.807, 2.05) is 54.5 Å². The van der Waals surface area contributed by atoms with E-state index in [1.165, 1.54) is 0 Å². The van der Waals surface area contributed by atoms with Crippen LogP contribution in [-0.4, -0.2) is 41.5 Å². The van der Waals surface area contributed by atoms with Gasteiger partial charge in [-0.3, -0.25) is 4.90 Å².